The molecule has 0 spiro atoms. The largest absolute Gasteiger partial charge is 0.446 e. The maximum absolute atomic E-state index is 12.5. The fourth-order valence-corrected chi connectivity index (χ4v) is 2.16. The number of alkyl halides is 3. The first kappa shape index (κ1) is 20.0. The molecule has 1 unspecified atom stereocenters. The molecule has 0 aliphatic heterocycles. The summed E-state index contributed by atoms with van der Waals surface area (Å²) in [5, 5.41) is 2.21. The van der Waals surface area contributed by atoms with Crippen LogP contribution in [0.3, 0.4) is 0 Å². The molecule has 2 rings (SSSR count). The van der Waals surface area contributed by atoms with Gasteiger partial charge < -0.3 is 15.8 Å². The predicted molar refractivity (Wildman–Crippen MR) is 88.2 cm³/mol. The summed E-state index contributed by atoms with van der Waals surface area (Å²) in [4.78, 5) is 35.2. The summed E-state index contributed by atoms with van der Waals surface area (Å²) >= 11 is 0. The van der Waals surface area contributed by atoms with Crippen LogP contribution in [0.5, 0.6) is 0 Å². The number of ether oxygens (including phenoxy) is 1. The lowest BCUT2D eigenvalue weighted by molar-refractivity contribution is -0.154. The Hall–Kier alpha value is -3.36. The summed E-state index contributed by atoms with van der Waals surface area (Å²) in [5.41, 5.74) is 4.62. The van der Waals surface area contributed by atoms with Crippen molar-refractivity contribution in [2.24, 2.45) is 5.73 Å². The van der Waals surface area contributed by atoms with Gasteiger partial charge in [-0.25, -0.2) is 0 Å². The highest BCUT2D eigenvalue weighted by molar-refractivity contribution is 5.96. The lowest BCUT2D eigenvalue weighted by Crippen LogP contribution is -2.33. The number of halogens is 3. The van der Waals surface area contributed by atoms with Gasteiger partial charge in [0.25, 0.3) is 11.8 Å². The predicted octanol–water partition coefficient (Wildman–Crippen LogP) is 2.21. The van der Waals surface area contributed by atoms with E-state index in [9.17, 15) is 27.6 Å². The second-order valence-corrected chi connectivity index (χ2v) is 5.44. The number of hydrogen-bond acceptors (Lipinski definition) is 4. The third-order valence-electron chi connectivity index (χ3n) is 3.48. The van der Waals surface area contributed by atoms with Crippen LogP contribution in [0.2, 0.25) is 0 Å². The lowest BCUT2D eigenvalue weighted by atomic mass is 10.1. The van der Waals surface area contributed by atoms with E-state index in [1.807, 2.05) is 0 Å². The van der Waals surface area contributed by atoms with Gasteiger partial charge in [0.2, 0.25) is 6.10 Å². The van der Waals surface area contributed by atoms with Crippen molar-refractivity contribution < 1.29 is 32.3 Å². The first-order valence-electron chi connectivity index (χ1n) is 7.67. The van der Waals surface area contributed by atoms with Crippen LogP contribution in [0.25, 0.3) is 0 Å². The highest BCUT2D eigenvalue weighted by Gasteiger charge is 2.30. The Labute approximate surface area is 152 Å². The highest BCUT2D eigenvalue weighted by Crippen LogP contribution is 2.29. The van der Waals surface area contributed by atoms with Gasteiger partial charge in [0.05, 0.1) is 5.56 Å². The molecular formula is C18H15F3N2O4. The Balaban J connectivity index is 1.94. The molecule has 2 aromatic rings. The van der Waals surface area contributed by atoms with E-state index in [1.165, 1.54) is 0 Å². The Morgan fingerprint density at radius 2 is 1.59 bits per heavy atom. The van der Waals surface area contributed by atoms with Gasteiger partial charge in [0, 0.05) is 11.1 Å². The monoisotopic (exact) mass is 380 g/mol. The third-order valence-corrected chi connectivity index (χ3v) is 3.48. The maximum Gasteiger partial charge on any atom is 0.416 e. The zero-order valence-electron chi connectivity index (χ0n) is 13.8. The Kier molecular flexibility index (Phi) is 6.17. The van der Waals surface area contributed by atoms with Crippen LogP contribution in [0.15, 0.2) is 54.6 Å². The number of amides is 2. The van der Waals surface area contributed by atoms with E-state index in [1.54, 1.807) is 30.3 Å². The van der Waals surface area contributed by atoms with E-state index in [4.69, 9.17) is 10.5 Å². The molecule has 0 saturated heterocycles. The molecule has 9 heteroatoms. The standard InChI is InChI=1S/C18H15F3N2O4/c19-18(20,21)13-8-6-12(7-9-13)17(26)23-10-14(24)27-15(16(22)25)11-4-2-1-3-5-11/h1-9,15H,10H2,(H2,22,25)(H,23,26). The molecule has 0 aliphatic rings. The molecule has 3 N–H and O–H groups in total. The average Bonchev–Trinajstić information content (AvgIpc) is 2.64. The van der Waals surface area contributed by atoms with Crippen molar-refractivity contribution in [1.82, 2.24) is 5.32 Å². The number of carbonyl (C=O) groups is 3. The third kappa shape index (κ3) is 5.56. The summed E-state index contributed by atoms with van der Waals surface area (Å²) < 4.78 is 42.5. The van der Waals surface area contributed by atoms with Crippen molar-refractivity contribution >= 4 is 17.8 Å². The summed E-state index contributed by atoms with van der Waals surface area (Å²) in [6.07, 6.45) is -5.83. The van der Waals surface area contributed by atoms with E-state index in [2.05, 4.69) is 5.32 Å². The van der Waals surface area contributed by atoms with Gasteiger partial charge in [-0.3, -0.25) is 14.4 Å². The van der Waals surface area contributed by atoms with E-state index < -0.39 is 42.2 Å². The second kappa shape index (κ2) is 8.35. The molecule has 0 fully saturated rings. The van der Waals surface area contributed by atoms with Crippen LogP contribution in [-0.2, 0) is 20.5 Å². The van der Waals surface area contributed by atoms with E-state index in [0.717, 1.165) is 24.3 Å². The van der Waals surface area contributed by atoms with Gasteiger partial charge >= 0.3 is 12.1 Å². The molecule has 2 aromatic carbocycles. The molecule has 142 valence electrons. The minimum Gasteiger partial charge on any atom is -0.446 e. The van der Waals surface area contributed by atoms with Crippen molar-refractivity contribution in [1.29, 1.82) is 0 Å². The average molecular weight is 380 g/mol. The number of nitrogens with two attached hydrogens (primary N) is 1. The van der Waals surface area contributed by atoms with Crippen molar-refractivity contribution in [3.8, 4) is 0 Å². The number of nitrogens with one attached hydrogen (secondary N) is 1. The zero-order chi connectivity index (χ0) is 20.0. The zero-order valence-corrected chi connectivity index (χ0v) is 13.8. The quantitative estimate of drug-likeness (QED) is 0.751. The molecule has 0 bridgehead atoms. The van der Waals surface area contributed by atoms with Gasteiger partial charge in [-0.15, -0.1) is 0 Å². The summed E-state index contributed by atoms with van der Waals surface area (Å²) in [5.74, 6) is -2.58. The minimum atomic E-state index is -4.51. The number of benzene rings is 2. The molecule has 6 nitrogen and oxygen atoms in total. The number of esters is 1. The van der Waals surface area contributed by atoms with Gasteiger partial charge in [0.15, 0.2) is 0 Å². The van der Waals surface area contributed by atoms with Crippen molar-refractivity contribution in [3.05, 3.63) is 71.3 Å². The molecule has 1 atom stereocenters. The summed E-state index contributed by atoms with van der Waals surface area (Å²) in [6.45, 7) is -0.587. The molecule has 2 amide bonds. The summed E-state index contributed by atoms with van der Waals surface area (Å²) in [7, 11) is 0. The number of hydrogen-bond donors (Lipinski definition) is 2. The van der Waals surface area contributed by atoms with Crippen molar-refractivity contribution in [2.75, 3.05) is 6.54 Å². The molecule has 0 aromatic heterocycles. The number of primary amides is 1. The normalized spacial score (nSPS) is 12.1. The molecule has 27 heavy (non-hydrogen) atoms. The molecule has 0 saturated carbocycles. The molecule has 0 radical (unpaired) electrons. The van der Waals surface area contributed by atoms with Gasteiger partial charge in [-0.05, 0) is 24.3 Å². The van der Waals surface area contributed by atoms with E-state index in [-0.39, 0.29) is 5.56 Å². The van der Waals surface area contributed by atoms with Crippen LogP contribution < -0.4 is 11.1 Å². The number of carbonyl (C=O) groups excluding carboxylic acids is 3. The van der Waals surface area contributed by atoms with Crippen LogP contribution in [0, 0.1) is 0 Å². The van der Waals surface area contributed by atoms with Crippen LogP contribution in [0.1, 0.15) is 27.6 Å². The smallest absolute Gasteiger partial charge is 0.416 e. The maximum atomic E-state index is 12.5. The first-order valence-corrected chi connectivity index (χ1v) is 7.67. The highest BCUT2D eigenvalue weighted by atomic mass is 19.4. The second-order valence-electron chi connectivity index (χ2n) is 5.44. The lowest BCUT2D eigenvalue weighted by Gasteiger charge is -2.15. The summed E-state index contributed by atoms with van der Waals surface area (Å²) in [6, 6.07) is 11.5. The van der Waals surface area contributed by atoms with Crippen LogP contribution in [0.4, 0.5) is 13.2 Å². The molecule has 0 aliphatic carbocycles. The topological polar surface area (TPSA) is 98.5 Å². The van der Waals surface area contributed by atoms with Gasteiger partial charge in [-0.1, -0.05) is 30.3 Å². The first-order chi connectivity index (χ1) is 12.7. The van der Waals surface area contributed by atoms with Gasteiger partial charge in [-0.2, -0.15) is 13.2 Å². The van der Waals surface area contributed by atoms with E-state index in [0.29, 0.717) is 5.56 Å². The fraction of sp³-hybridized carbons (Fsp3) is 0.167. The fourth-order valence-electron chi connectivity index (χ4n) is 2.16. The van der Waals surface area contributed by atoms with E-state index >= 15 is 0 Å². The Morgan fingerprint density at radius 3 is 2.11 bits per heavy atom. The minimum absolute atomic E-state index is 0.0645. The van der Waals surface area contributed by atoms with Gasteiger partial charge in [0.1, 0.15) is 6.54 Å². The molecular weight excluding hydrogens is 365 g/mol. The van der Waals surface area contributed by atoms with Crippen molar-refractivity contribution in [3.63, 3.8) is 0 Å². The Bertz CT molecular complexity index is 821. The van der Waals surface area contributed by atoms with Crippen LogP contribution in [-0.4, -0.2) is 24.3 Å². The SMILES string of the molecule is NC(=O)C(OC(=O)CNC(=O)c1ccc(C(F)(F)F)cc1)c1ccccc1. The Morgan fingerprint density at radius 1 is 1.00 bits per heavy atom. The van der Waals surface area contributed by atoms with Crippen LogP contribution >= 0.6 is 0 Å². The van der Waals surface area contributed by atoms with Crippen molar-refractivity contribution in [2.45, 2.75) is 12.3 Å². The number of rotatable bonds is 6. The molecule has 0 heterocycles.